The van der Waals surface area contributed by atoms with Gasteiger partial charge in [-0.2, -0.15) is 4.98 Å². The largest absolute Gasteiger partial charge is 0.478 e. The van der Waals surface area contributed by atoms with Crippen LogP contribution in [0, 0.1) is 0 Å². The molecule has 2 N–H and O–H groups in total. The maximum atomic E-state index is 11.4. The molecular formula is C13H11BrN2O4. The molecule has 1 aromatic carbocycles. The molecule has 0 unspecified atom stereocenters. The van der Waals surface area contributed by atoms with E-state index in [9.17, 15) is 9.59 Å². The number of carbonyl (C=O) groups is 1. The van der Waals surface area contributed by atoms with Gasteiger partial charge in [-0.15, -0.1) is 0 Å². The topological polar surface area (TPSA) is 92.3 Å². The Morgan fingerprint density at radius 1 is 1.45 bits per heavy atom. The second-order valence-corrected chi connectivity index (χ2v) is 4.85. The maximum Gasteiger partial charge on any atom is 0.339 e. The van der Waals surface area contributed by atoms with Gasteiger partial charge in [0.2, 0.25) is 5.88 Å². The van der Waals surface area contributed by atoms with Crippen LogP contribution >= 0.6 is 15.9 Å². The van der Waals surface area contributed by atoms with Gasteiger partial charge in [0.25, 0.3) is 5.56 Å². The summed E-state index contributed by atoms with van der Waals surface area (Å²) >= 11 is 3.24. The SMILES string of the molecule is CCc1nc(Oc2cc(Br)ccc2C(=O)O)cc(=O)[nH]1. The number of hydrogen-bond donors (Lipinski definition) is 2. The third-order valence-corrected chi connectivity index (χ3v) is 2.98. The summed E-state index contributed by atoms with van der Waals surface area (Å²) in [6.07, 6.45) is 0.538. The molecule has 1 aromatic heterocycles. The van der Waals surface area contributed by atoms with Crippen LogP contribution in [-0.2, 0) is 6.42 Å². The molecule has 2 aromatic rings. The van der Waals surface area contributed by atoms with Crippen LogP contribution < -0.4 is 10.3 Å². The van der Waals surface area contributed by atoms with E-state index in [4.69, 9.17) is 9.84 Å². The lowest BCUT2D eigenvalue weighted by molar-refractivity contribution is 0.0694. The predicted octanol–water partition coefficient (Wildman–Crippen LogP) is 2.59. The molecule has 20 heavy (non-hydrogen) atoms. The molecule has 0 atom stereocenters. The van der Waals surface area contributed by atoms with Crippen molar-refractivity contribution in [3.63, 3.8) is 0 Å². The zero-order valence-electron chi connectivity index (χ0n) is 10.5. The lowest BCUT2D eigenvalue weighted by atomic mass is 10.2. The summed E-state index contributed by atoms with van der Waals surface area (Å²) in [4.78, 5) is 29.2. The molecule has 0 aliphatic heterocycles. The number of aromatic carboxylic acids is 1. The first-order valence-electron chi connectivity index (χ1n) is 5.80. The number of aromatic nitrogens is 2. The number of halogens is 1. The number of benzene rings is 1. The van der Waals surface area contributed by atoms with Gasteiger partial charge >= 0.3 is 5.97 Å². The van der Waals surface area contributed by atoms with Crippen LogP contribution in [0.15, 0.2) is 33.5 Å². The molecular weight excluding hydrogens is 328 g/mol. The molecule has 0 fully saturated rings. The zero-order chi connectivity index (χ0) is 14.7. The highest BCUT2D eigenvalue weighted by molar-refractivity contribution is 9.10. The molecule has 1 heterocycles. The van der Waals surface area contributed by atoms with Crippen molar-refractivity contribution in [2.45, 2.75) is 13.3 Å². The predicted molar refractivity (Wildman–Crippen MR) is 75.4 cm³/mol. The maximum absolute atomic E-state index is 11.4. The Hall–Kier alpha value is -2.15. The number of rotatable bonds is 4. The third kappa shape index (κ3) is 3.24. The number of H-pyrrole nitrogens is 1. The highest BCUT2D eigenvalue weighted by atomic mass is 79.9. The average Bonchev–Trinajstić information content (AvgIpc) is 2.37. The van der Waals surface area contributed by atoms with E-state index in [0.29, 0.717) is 16.7 Å². The van der Waals surface area contributed by atoms with Crippen molar-refractivity contribution in [1.29, 1.82) is 0 Å². The molecule has 0 amide bonds. The number of carboxylic acids is 1. The first kappa shape index (κ1) is 14.3. The Morgan fingerprint density at radius 3 is 2.85 bits per heavy atom. The van der Waals surface area contributed by atoms with Crippen LogP contribution in [0.25, 0.3) is 0 Å². The van der Waals surface area contributed by atoms with Crippen LogP contribution in [0.3, 0.4) is 0 Å². The van der Waals surface area contributed by atoms with Gasteiger partial charge in [-0.1, -0.05) is 22.9 Å². The summed E-state index contributed by atoms with van der Waals surface area (Å²) in [6, 6.07) is 5.69. The third-order valence-electron chi connectivity index (χ3n) is 2.49. The molecule has 6 nitrogen and oxygen atoms in total. The average molecular weight is 339 g/mol. The van der Waals surface area contributed by atoms with E-state index in [1.165, 1.54) is 18.2 Å². The van der Waals surface area contributed by atoms with Gasteiger partial charge in [0.15, 0.2) is 0 Å². The minimum absolute atomic E-state index is 0.00618. The van der Waals surface area contributed by atoms with Crippen LogP contribution in [0.1, 0.15) is 23.1 Å². The van der Waals surface area contributed by atoms with Crippen molar-refractivity contribution in [3.8, 4) is 11.6 Å². The fraction of sp³-hybridized carbons (Fsp3) is 0.154. The van der Waals surface area contributed by atoms with Crippen molar-refractivity contribution in [2.75, 3.05) is 0 Å². The second-order valence-electron chi connectivity index (χ2n) is 3.93. The fourth-order valence-corrected chi connectivity index (χ4v) is 1.91. The van der Waals surface area contributed by atoms with Crippen LogP contribution in [-0.4, -0.2) is 21.0 Å². The lowest BCUT2D eigenvalue weighted by Crippen LogP contribution is -2.11. The number of ether oxygens (including phenoxy) is 1. The molecule has 7 heteroatoms. The van der Waals surface area contributed by atoms with Crippen molar-refractivity contribution in [3.05, 3.63) is 50.5 Å². The van der Waals surface area contributed by atoms with E-state index in [1.54, 1.807) is 6.07 Å². The molecule has 0 spiro atoms. The van der Waals surface area contributed by atoms with Gasteiger partial charge in [0.05, 0.1) is 6.07 Å². The fourth-order valence-electron chi connectivity index (χ4n) is 1.57. The van der Waals surface area contributed by atoms with Crippen LogP contribution in [0.4, 0.5) is 0 Å². The summed E-state index contributed by atoms with van der Waals surface area (Å²) < 4.78 is 6.10. The van der Waals surface area contributed by atoms with Gasteiger partial charge in [0, 0.05) is 10.9 Å². The van der Waals surface area contributed by atoms with Gasteiger partial charge in [-0.3, -0.25) is 4.79 Å². The monoisotopic (exact) mass is 338 g/mol. The van der Waals surface area contributed by atoms with Gasteiger partial charge in [-0.05, 0) is 18.2 Å². The summed E-state index contributed by atoms with van der Waals surface area (Å²) in [5, 5.41) is 9.11. The summed E-state index contributed by atoms with van der Waals surface area (Å²) in [7, 11) is 0. The minimum Gasteiger partial charge on any atom is -0.478 e. The highest BCUT2D eigenvalue weighted by Crippen LogP contribution is 2.27. The smallest absolute Gasteiger partial charge is 0.339 e. The number of aromatic amines is 1. The van der Waals surface area contributed by atoms with Gasteiger partial charge in [0.1, 0.15) is 17.1 Å². The van der Waals surface area contributed by atoms with E-state index in [2.05, 4.69) is 25.9 Å². The Balaban J connectivity index is 2.44. The molecule has 0 radical (unpaired) electrons. The standard InChI is InChI=1S/C13H11BrN2O4/c1-2-10-15-11(17)6-12(16-10)20-9-5-7(14)3-4-8(9)13(18)19/h3-6H,2H2,1H3,(H,18,19)(H,15,16,17). The lowest BCUT2D eigenvalue weighted by Gasteiger charge is -2.08. The first-order valence-corrected chi connectivity index (χ1v) is 6.60. The van der Waals surface area contributed by atoms with E-state index in [1.807, 2.05) is 6.92 Å². The Kier molecular flexibility index (Phi) is 4.19. The van der Waals surface area contributed by atoms with Crippen molar-refractivity contribution in [2.24, 2.45) is 0 Å². The summed E-state index contributed by atoms with van der Waals surface area (Å²) in [5.74, 6) is -0.467. The number of hydrogen-bond acceptors (Lipinski definition) is 4. The highest BCUT2D eigenvalue weighted by Gasteiger charge is 2.13. The van der Waals surface area contributed by atoms with Crippen LogP contribution in [0.2, 0.25) is 0 Å². The zero-order valence-corrected chi connectivity index (χ0v) is 12.1. The second kappa shape index (κ2) is 5.87. The summed E-state index contributed by atoms with van der Waals surface area (Å²) in [6.45, 7) is 1.84. The summed E-state index contributed by atoms with van der Waals surface area (Å²) in [5.41, 5.74) is -0.355. The number of carboxylic acid groups (broad SMARTS) is 1. The number of nitrogens with zero attached hydrogens (tertiary/aromatic N) is 1. The van der Waals surface area contributed by atoms with Crippen LogP contribution in [0.5, 0.6) is 11.6 Å². The number of aryl methyl sites for hydroxylation is 1. The molecule has 0 bridgehead atoms. The van der Waals surface area contributed by atoms with E-state index in [0.717, 1.165) is 0 Å². The normalized spacial score (nSPS) is 10.3. The molecule has 104 valence electrons. The number of nitrogens with one attached hydrogen (secondary N) is 1. The van der Waals surface area contributed by atoms with Crippen molar-refractivity contribution >= 4 is 21.9 Å². The van der Waals surface area contributed by atoms with Gasteiger partial charge < -0.3 is 14.8 Å². The van der Waals surface area contributed by atoms with E-state index >= 15 is 0 Å². The first-order chi connectivity index (χ1) is 9.49. The molecule has 2 rings (SSSR count). The molecule has 0 aliphatic rings. The molecule has 0 aliphatic carbocycles. The van der Waals surface area contributed by atoms with E-state index < -0.39 is 5.97 Å². The molecule has 0 saturated carbocycles. The quantitative estimate of drug-likeness (QED) is 0.893. The Labute approximate surface area is 122 Å². The Bertz CT molecular complexity index is 712. The Morgan fingerprint density at radius 2 is 2.20 bits per heavy atom. The molecule has 0 saturated heterocycles. The van der Waals surface area contributed by atoms with Gasteiger partial charge in [-0.25, -0.2) is 4.79 Å². The van der Waals surface area contributed by atoms with Crippen molar-refractivity contribution in [1.82, 2.24) is 9.97 Å². The van der Waals surface area contributed by atoms with Crippen molar-refractivity contribution < 1.29 is 14.6 Å². The minimum atomic E-state index is -1.12. The van der Waals surface area contributed by atoms with E-state index in [-0.39, 0.29) is 22.8 Å².